The molecule has 1 fully saturated rings. The molecule has 0 aromatic heterocycles. The number of benzene rings is 2. The lowest BCUT2D eigenvalue weighted by Gasteiger charge is -2.31. The highest BCUT2D eigenvalue weighted by Crippen LogP contribution is 2.44. The summed E-state index contributed by atoms with van der Waals surface area (Å²) in [4.78, 5) is 13.3. The van der Waals surface area contributed by atoms with Gasteiger partial charge in [0.05, 0.1) is 10.6 Å². The Balaban J connectivity index is 1.71. The summed E-state index contributed by atoms with van der Waals surface area (Å²) in [6.07, 6.45) is 8.14. The highest BCUT2D eigenvalue weighted by Gasteiger charge is 2.34. The van der Waals surface area contributed by atoms with Crippen molar-refractivity contribution < 1.29 is 13.2 Å². The van der Waals surface area contributed by atoms with Crippen LogP contribution in [0.25, 0.3) is 11.1 Å². The number of hydrogen-bond donors (Lipinski definition) is 1. The lowest BCUT2D eigenvalue weighted by molar-refractivity contribution is 0.0930. The maximum Gasteiger partial charge on any atom is 0.264 e. The first-order valence-electron chi connectivity index (χ1n) is 10.4. The van der Waals surface area contributed by atoms with E-state index in [0.29, 0.717) is 16.8 Å². The van der Waals surface area contributed by atoms with E-state index in [2.05, 4.69) is 5.32 Å². The summed E-state index contributed by atoms with van der Waals surface area (Å²) in [5.41, 5.74) is 3.47. The molecular formula is C23H28N2O3S. The van der Waals surface area contributed by atoms with Crippen molar-refractivity contribution >= 4 is 21.6 Å². The minimum absolute atomic E-state index is 0.0740. The van der Waals surface area contributed by atoms with Gasteiger partial charge in [-0.15, -0.1) is 0 Å². The quantitative estimate of drug-likeness (QED) is 0.781. The zero-order valence-corrected chi connectivity index (χ0v) is 17.9. The summed E-state index contributed by atoms with van der Waals surface area (Å²) in [6.45, 7) is 1.87. The number of sulfonamides is 1. The summed E-state index contributed by atoms with van der Waals surface area (Å²) in [5.74, 6) is -0.0740. The van der Waals surface area contributed by atoms with Crippen LogP contribution < -0.4 is 9.62 Å². The molecule has 0 radical (unpaired) electrons. The molecule has 0 saturated heterocycles. The van der Waals surface area contributed by atoms with Gasteiger partial charge in [-0.25, -0.2) is 8.42 Å². The molecule has 2 aliphatic rings. The van der Waals surface area contributed by atoms with Crippen LogP contribution >= 0.6 is 0 Å². The lowest BCUT2D eigenvalue weighted by atomic mass is 9.95. The molecule has 0 unspecified atom stereocenters. The molecule has 4 rings (SSSR count). The van der Waals surface area contributed by atoms with Gasteiger partial charge in [0.15, 0.2) is 0 Å². The van der Waals surface area contributed by atoms with E-state index >= 15 is 0 Å². The monoisotopic (exact) mass is 412 g/mol. The number of nitrogens with zero attached hydrogens (tertiary/aromatic N) is 1. The molecule has 2 aromatic rings. The first kappa shape index (κ1) is 20.0. The van der Waals surface area contributed by atoms with Crippen molar-refractivity contribution in [1.29, 1.82) is 0 Å². The minimum Gasteiger partial charge on any atom is -0.349 e. The van der Waals surface area contributed by atoms with Crippen LogP contribution in [0.5, 0.6) is 0 Å². The van der Waals surface area contributed by atoms with Crippen LogP contribution in [0.2, 0.25) is 0 Å². The van der Waals surface area contributed by atoms with Crippen LogP contribution in [0.1, 0.15) is 60.9 Å². The molecule has 1 heterocycles. The third-order valence-corrected chi connectivity index (χ3v) is 7.95. The number of amides is 1. The Morgan fingerprint density at radius 1 is 1.00 bits per heavy atom. The van der Waals surface area contributed by atoms with Crippen LogP contribution in [0.4, 0.5) is 5.69 Å². The second-order valence-electron chi connectivity index (χ2n) is 8.17. The molecule has 1 aliphatic carbocycles. The normalized spacial score (nSPS) is 18.9. The summed E-state index contributed by atoms with van der Waals surface area (Å²) >= 11 is 0. The molecule has 154 valence electrons. The van der Waals surface area contributed by atoms with Gasteiger partial charge in [0, 0.05) is 29.8 Å². The van der Waals surface area contributed by atoms with Crippen LogP contribution in [-0.2, 0) is 10.0 Å². The third-order valence-electron chi connectivity index (χ3n) is 6.13. The maximum atomic E-state index is 13.0. The predicted molar refractivity (Wildman–Crippen MR) is 116 cm³/mol. The Kier molecular flexibility index (Phi) is 5.38. The average Bonchev–Trinajstić information content (AvgIpc) is 2.68. The Hall–Kier alpha value is -2.34. The van der Waals surface area contributed by atoms with Crippen LogP contribution in [0.15, 0.2) is 41.3 Å². The van der Waals surface area contributed by atoms with Crippen molar-refractivity contribution in [3.8, 4) is 11.1 Å². The van der Waals surface area contributed by atoms with E-state index in [1.165, 1.54) is 23.6 Å². The average molecular weight is 413 g/mol. The first-order chi connectivity index (χ1) is 13.9. The number of hydrogen-bond acceptors (Lipinski definition) is 3. The number of rotatable bonds is 2. The van der Waals surface area contributed by atoms with Crippen molar-refractivity contribution in [1.82, 2.24) is 5.32 Å². The van der Waals surface area contributed by atoms with Crippen LogP contribution in [-0.4, -0.2) is 27.4 Å². The van der Waals surface area contributed by atoms with Gasteiger partial charge in [-0.3, -0.25) is 9.10 Å². The van der Waals surface area contributed by atoms with E-state index in [1.807, 2.05) is 25.1 Å². The molecule has 1 aliphatic heterocycles. The molecule has 0 atom stereocenters. The van der Waals surface area contributed by atoms with Gasteiger partial charge in [0.1, 0.15) is 0 Å². The van der Waals surface area contributed by atoms with Gasteiger partial charge in [-0.1, -0.05) is 50.3 Å². The van der Waals surface area contributed by atoms with Gasteiger partial charge in [-0.05, 0) is 43.5 Å². The third kappa shape index (κ3) is 3.66. The van der Waals surface area contributed by atoms with E-state index in [1.54, 1.807) is 25.2 Å². The van der Waals surface area contributed by atoms with E-state index in [-0.39, 0.29) is 16.8 Å². The zero-order valence-electron chi connectivity index (χ0n) is 17.1. The smallest absolute Gasteiger partial charge is 0.264 e. The second kappa shape index (κ2) is 7.82. The maximum absolute atomic E-state index is 13.0. The van der Waals surface area contributed by atoms with Gasteiger partial charge < -0.3 is 5.32 Å². The Morgan fingerprint density at radius 2 is 1.66 bits per heavy atom. The van der Waals surface area contributed by atoms with Crippen LogP contribution in [0, 0.1) is 6.92 Å². The summed E-state index contributed by atoms with van der Waals surface area (Å²) < 4.78 is 27.1. The molecule has 0 spiro atoms. The molecule has 1 saturated carbocycles. The van der Waals surface area contributed by atoms with Crippen molar-refractivity contribution in [2.75, 3.05) is 11.4 Å². The Bertz CT molecular complexity index is 1040. The van der Waals surface area contributed by atoms with Crippen LogP contribution in [0.3, 0.4) is 0 Å². The van der Waals surface area contributed by atoms with Crippen molar-refractivity contribution in [3.05, 3.63) is 47.5 Å². The van der Waals surface area contributed by atoms with Gasteiger partial charge in [0.2, 0.25) is 0 Å². The fourth-order valence-electron chi connectivity index (χ4n) is 4.58. The number of carbonyl (C=O) groups excluding carboxylic acids is 1. The Morgan fingerprint density at radius 3 is 2.38 bits per heavy atom. The number of carbonyl (C=O) groups is 1. The molecule has 6 heteroatoms. The molecule has 1 N–H and O–H groups in total. The number of anilines is 1. The second-order valence-corrected chi connectivity index (χ2v) is 10.1. The van der Waals surface area contributed by atoms with Gasteiger partial charge in [0.25, 0.3) is 15.9 Å². The molecule has 29 heavy (non-hydrogen) atoms. The highest BCUT2D eigenvalue weighted by atomic mass is 32.2. The van der Waals surface area contributed by atoms with E-state index < -0.39 is 10.0 Å². The van der Waals surface area contributed by atoms with E-state index in [9.17, 15) is 13.2 Å². The lowest BCUT2D eigenvalue weighted by Crippen LogP contribution is -2.36. The predicted octanol–water partition coefficient (Wildman–Crippen LogP) is 4.64. The molecule has 1 amide bonds. The summed E-state index contributed by atoms with van der Waals surface area (Å²) in [6, 6.07) is 10.9. The fraction of sp³-hybridized carbons (Fsp3) is 0.435. The van der Waals surface area contributed by atoms with Gasteiger partial charge >= 0.3 is 0 Å². The largest absolute Gasteiger partial charge is 0.349 e. The number of nitrogens with one attached hydrogen (secondary N) is 1. The fourth-order valence-corrected chi connectivity index (χ4v) is 6.07. The first-order valence-corrected chi connectivity index (χ1v) is 11.9. The van der Waals surface area contributed by atoms with Gasteiger partial charge in [-0.2, -0.15) is 0 Å². The summed E-state index contributed by atoms with van der Waals surface area (Å²) in [7, 11) is -2.01. The van der Waals surface area contributed by atoms with Crippen molar-refractivity contribution in [2.24, 2.45) is 0 Å². The summed E-state index contributed by atoms with van der Waals surface area (Å²) in [5, 5.41) is 3.22. The highest BCUT2D eigenvalue weighted by molar-refractivity contribution is 7.93. The van der Waals surface area contributed by atoms with E-state index in [4.69, 9.17) is 0 Å². The minimum atomic E-state index is -3.59. The molecule has 2 aromatic carbocycles. The number of fused-ring (bicyclic) bond motifs is 3. The molecular weight excluding hydrogens is 384 g/mol. The van der Waals surface area contributed by atoms with E-state index in [0.717, 1.165) is 36.8 Å². The Labute approximate surface area is 173 Å². The van der Waals surface area contributed by atoms with Crippen molar-refractivity contribution in [2.45, 2.75) is 62.8 Å². The number of aryl methyl sites for hydroxylation is 1. The SMILES string of the molecule is Cc1cc(C(=O)NC2CCCCCCC2)cc2c1N(C)S(=O)(=O)c1ccccc1-2. The van der Waals surface area contributed by atoms with Crippen molar-refractivity contribution in [3.63, 3.8) is 0 Å². The molecule has 5 nitrogen and oxygen atoms in total. The zero-order chi connectivity index (χ0) is 20.6. The topological polar surface area (TPSA) is 66.5 Å². The standard InChI is InChI=1S/C23H28N2O3S/c1-16-14-17(23(26)24-18-10-6-4-3-5-7-11-18)15-20-19-12-8-9-13-21(19)29(27,28)25(2)22(16)20/h8-9,12-15,18H,3-7,10-11H2,1-2H3,(H,24,26). The molecule has 0 bridgehead atoms.